The van der Waals surface area contributed by atoms with Gasteiger partial charge in [0.1, 0.15) is 6.17 Å². The lowest BCUT2D eigenvalue weighted by Gasteiger charge is -2.27. The lowest BCUT2D eigenvalue weighted by Crippen LogP contribution is -2.55. The van der Waals surface area contributed by atoms with Crippen molar-refractivity contribution in [2.75, 3.05) is 5.32 Å². The second-order valence-corrected chi connectivity index (χ2v) is 6.92. The van der Waals surface area contributed by atoms with E-state index in [2.05, 4.69) is 16.0 Å². The van der Waals surface area contributed by atoms with E-state index in [1.165, 1.54) is 6.92 Å². The van der Waals surface area contributed by atoms with Gasteiger partial charge >= 0.3 is 0 Å². The van der Waals surface area contributed by atoms with Crippen LogP contribution in [0.3, 0.4) is 0 Å². The van der Waals surface area contributed by atoms with Crippen molar-refractivity contribution in [2.45, 2.75) is 23.8 Å². The number of alkyl halides is 3. The first-order valence-electron chi connectivity index (χ1n) is 5.66. The first-order valence-corrected chi connectivity index (χ1v) is 7.20. The van der Waals surface area contributed by atoms with Crippen molar-refractivity contribution in [3.05, 3.63) is 29.8 Å². The molecule has 1 amide bonds. The molecule has 8 heteroatoms. The van der Waals surface area contributed by atoms with E-state index in [1.54, 1.807) is 0 Å². The summed E-state index contributed by atoms with van der Waals surface area (Å²) >= 11 is 22.4. The molecule has 0 saturated carbocycles. The van der Waals surface area contributed by atoms with Crippen LogP contribution in [-0.4, -0.2) is 21.0 Å². The van der Waals surface area contributed by atoms with Crippen LogP contribution >= 0.6 is 47.0 Å². The predicted octanol–water partition coefficient (Wildman–Crippen LogP) is 3.11. The van der Waals surface area contributed by atoms with Gasteiger partial charge in [-0.25, -0.2) is 0 Å². The molecule has 0 saturated heterocycles. The Balaban J connectivity index is 2.66. The van der Waals surface area contributed by atoms with Crippen LogP contribution in [0, 0.1) is 6.92 Å². The highest BCUT2D eigenvalue weighted by atomic mass is 35.6. The summed E-state index contributed by atoms with van der Waals surface area (Å²) in [6, 6.07) is 7.61. The van der Waals surface area contributed by atoms with Gasteiger partial charge in [-0.15, -0.1) is 0 Å². The van der Waals surface area contributed by atoms with Crippen molar-refractivity contribution in [3.63, 3.8) is 0 Å². The third-order valence-corrected chi connectivity index (χ3v) is 3.13. The molecule has 1 aromatic rings. The van der Waals surface area contributed by atoms with Crippen LogP contribution < -0.4 is 16.0 Å². The van der Waals surface area contributed by atoms with Gasteiger partial charge in [-0.1, -0.05) is 52.5 Å². The monoisotopic (exact) mass is 353 g/mol. The quantitative estimate of drug-likeness (QED) is 0.443. The number of anilines is 1. The molecule has 0 spiro atoms. The van der Waals surface area contributed by atoms with E-state index in [4.69, 9.17) is 47.0 Å². The van der Waals surface area contributed by atoms with Gasteiger partial charge in [0.2, 0.25) is 9.70 Å². The van der Waals surface area contributed by atoms with E-state index in [0.717, 1.165) is 11.3 Å². The van der Waals surface area contributed by atoms with Crippen LogP contribution in [0.15, 0.2) is 24.3 Å². The molecule has 0 aliphatic carbocycles. The molecule has 1 aromatic carbocycles. The fourth-order valence-electron chi connectivity index (χ4n) is 1.34. The van der Waals surface area contributed by atoms with Gasteiger partial charge in [0, 0.05) is 12.6 Å². The Morgan fingerprint density at radius 2 is 1.75 bits per heavy atom. The molecule has 0 bridgehead atoms. The molecule has 3 N–H and O–H groups in total. The van der Waals surface area contributed by atoms with Crippen molar-refractivity contribution in [2.24, 2.45) is 0 Å². The van der Waals surface area contributed by atoms with E-state index < -0.39 is 9.96 Å². The fraction of sp³-hybridized carbons (Fsp3) is 0.333. The number of amides is 1. The molecule has 110 valence electrons. The number of rotatable bonds is 3. The van der Waals surface area contributed by atoms with Crippen molar-refractivity contribution >= 4 is 63.7 Å². The van der Waals surface area contributed by atoms with Gasteiger partial charge in [-0.3, -0.25) is 4.79 Å². The van der Waals surface area contributed by atoms with Crippen LogP contribution in [0.1, 0.15) is 12.5 Å². The molecule has 4 nitrogen and oxygen atoms in total. The van der Waals surface area contributed by atoms with E-state index in [-0.39, 0.29) is 11.0 Å². The first-order chi connectivity index (χ1) is 9.18. The highest BCUT2D eigenvalue weighted by Gasteiger charge is 2.33. The normalized spacial score (nSPS) is 12.4. The molecule has 0 unspecified atom stereocenters. The van der Waals surface area contributed by atoms with Gasteiger partial charge < -0.3 is 16.0 Å². The van der Waals surface area contributed by atoms with Crippen LogP contribution in [0.4, 0.5) is 5.69 Å². The summed E-state index contributed by atoms with van der Waals surface area (Å²) in [4.78, 5) is 11.1. The molecule has 20 heavy (non-hydrogen) atoms. The maximum atomic E-state index is 11.1. The van der Waals surface area contributed by atoms with Crippen LogP contribution in [0.2, 0.25) is 0 Å². The summed E-state index contributed by atoms with van der Waals surface area (Å²) in [5, 5.41) is 8.39. The van der Waals surface area contributed by atoms with Gasteiger partial charge in [-0.2, -0.15) is 0 Å². The Morgan fingerprint density at radius 3 is 2.20 bits per heavy atom. The number of benzene rings is 1. The van der Waals surface area contributed by atoms with Crippen molar-refractivity contribution in [1.82, 2.24) is 10.6 Å². The number of halogens is 3. The number of aryl methyl sites for hydroxylation is 1. The fourth-order valence-corrected chi connectivity index (χ4v) is 1.90. The minimum atomic E-state index is -1.73. The molecule has 1 rings (SSSR count). The molecular weight excluding hydrogens is 341 g/mol. The van der Waals surface area contributed by atoms with Gasteiger partial charge in [0.15, 0.2) is 5.11 Å². The predicted molar refractivity (Wildman–Crippen MR) is 88.4 cm³/mol. The summed E-state index contributed by atoms with van der Waals surface area (Å²) in [5.41, 5.74) is 1.92. The Hall–Kier alpha value is -0.750. The lowest BCUT2D eigenvalue weighted by molar-refractivity contribution is -0.119. The number of thiocarbonyl (C=S) groups is 1. The zero-order valence-electron chi connectivity index (χ0n) is 10.8. The Morgan fingerprint density at radius 1 is 1.20 bits per heavy atom. The molecule has 0 fully saturated rings. The van der Waals surface area contributed by atoms with Gasteiger partial charge in [0.25, 0.3) is 0 Å². The van der Waals surface area contributed by atoms with Crippen LogP contribution in [0.5, 0.6) is 0 Å². The molecular formula is C12H14Cl3N3OS. The standard InChI is InChI=1S/C12H14Cl3N3OS/c1-7-3-5-9(6-4-7)17-11(20)18-10(12(13,14)15)16-8(2)19/h3-6,10H,1-2H3,(H,16,19)(H2,17,18,20)/t10-/m0/s1. The minimum Gasteiger partial charge on any atom is -0.339 e. The molecule has 0 aromatic heterocycles. The van der Waals surface area contributed by atoms with Gasteiger partial charge in [0.05, 0.1) is 0 Å². The second kappa shape index (κ2) is 7.31. The summed E-state index contributed by atoms with van der Waals surface area (Å²) in [6.07, 6.45) is -0.935. The highest BCUT2D eigenvalue weighted by molar-refractivity contribution is 7.80. The van der Waals surface area contributed by atoms with Crippen molar-refractivity contribution in [1.29, 1.82) is 0 Å². The highest BCUT2D eigenvalue weighted by Crippen LogP contribution is 2.29. The zero-order valence-corrected chi connectivity index (χ0v) is 13.9. The third kappa shape index (κ3) is 6.13. The third-order valence-electron chi connectivity index (χ3n) is 2.26. The summed E-state index contributed by atoms with van der Waals surface area (Å²) in [7, 11) is 0. The van der Waals surface area contributed by atoms with E-state index in [1.807, 2.05) is 31.2 Å². The van der Waals surface area contributed by atoms with E-state index in [0.29, 0.717) is 0 Å². The summed E-state index contributed by atoms with van der Waals surface area (Å²) < 4.78 is -1.73. The maximum absolute atomic E-state index is 11.1. The minimum absolute atomic E-state index is 0.235. The van der Waals surface area contributed by atoms with Crippen LogP contribution in [0.25, 0.3) is 0 Å². The molecule has 1 atom stereocenters. The number of carbonyl (C=O) groups is 1. The Bertz CT molecular complexity index is 488. The van der Waals surface area contributed by atoms with Crippen molar-refractivity contribution in [3.8, 4) is 0 Å². The second-order valence-electron chi connectivity index (χ2n) is 4.14. The average Bonchev–Trinajstić information content (AvgIpc) is 2.29. The topological polar surface area (TPSA) is 53.2 Å². The van der Waals surface area contributed by atoms with E-state index in [9.17, 15) is 4.79 Å². The Kier molecular flexibility index (Phi) is 6.33. The number of nitrogens with one attached hydrogen (secondary N) is 3. The van der Waals surface area contributed by atoms with Gasteiger partial charge in [-0.05, 0) is 31.3 Å². The first kappa shape index (κ1) is 17.3. The number of hydrogen-bond donors (Lipinski definition) is 3. The SMILES string of the molecule is CC(=O)N[C@@H](NC(=S)Nc1ccc(C)cc1)C(Cl)(Cl)Cl. The summed E-state index contributed by atoms with van der Waals surface area (Å²) in [5.74, 6) is -0.341. The zero-order chi connectivity index (χ0) is 15.3. The largest absolute Gasteiger partial charge is 0.339 e. The lowest BCUT2D eigenvalue weighted by atomic mass is 10.2. The average molecular weight is 355 g/mol. The van der Waals surface area contributed by atoms with E-state index >= 15 is 0 Å². The molecule has 0 aliphatic rings. The Labute approximate surface area is 138 Å². The van der Waals surface area contributed by atoms with Crippen LogP contribution in [-0.2, 0) is 4.79 Å². The molecule has 0 heterocycles. The smallest absolute Gasteiger partial charge is 0.228 e. The maximum Gasteiger partial charge on any atom is 0.228 e. The molecule has 0 aliphatic heterocycles. The number of hydrogen-bond acceptors (Lipinski definition) is 2. The van der Waals surface area contributed by atoms with Crippen molar-refractivity contribution < 1.29 is 4.79 Å². The number of carbonyl (C=O) groups excluding carboxylic acids is 1. The summed E-state index contributed by atoms with van der Waals surface area (Å²) in [6.45, 7) is 3.30. The molecule has 0 radical (unpaired) electrons.